The van der Waals surface area contributed by atoms with Crippen LogP contribution in [0.1, 0.15) is 5.69 Å². The van der Waals surface area contributed by atoms with Crippen LogP contribution in [0.2, 0.25) is 0 Å². The maximum Gasteiger partial charge on any atom is 0.246 e. The van der Waals surface area contributed by atoms with Crippen LogP contribution in [0.4, 0.5) is 5.69 Å². The first kappa shape index (κ1) is 23.2. The zero-order valence-corrected chi connectivity index (χ0v) is 20.7. The molecule has 1 N–H and O–H groups in total. The minimum atomic E-state index is 0. The first-order valence-electron chi connectivity index (χ1n) is 9.88. The van der Waals surface area contributed by atoms with Gasteiger partial charge >= 0.3 is 0 Å². The number of benzene rings is 1. The molecule has 8 nitrogen and oxygen atoms in total. The quantitative estimate of drug-likeness (QED) is 0.300. The van der Waals surface area contributed by atoms with Gasteiger partial charge in [-0.3, -0.25) is 14.5 Å². The molecule has 0 atom stereocenters. The molecule has 4 rings (SSSR count). The van der Waals surface area contributed by atoms with E-state index in [1.54, 1.807) is 34.2 Å². The third-order valence-corrected chi connectivity index (χ3v) is 5.91. The van der Waals surface area contributed by atoms with Crippen LogP contribution in [-0.4, -0.2) is 64.8 Å². The highest BCUT2D eigenvalue weighted by molar-refractivity contribution is 14.0. The number of nitrogens with zero attached hydrogens (tertiary/aromatic N) is 6. The Kier molecular flexibility index (Phi) is 8.02. The van der Waals surface area contributed by atoms with E-state index < -0.39 is 0 Å². The van der Waals surface area contributed by atoms with Crippen molar-refractivity contribution in [3.63, 3.8) is 0 Å². The van der Waals surface area contributed by atoms with Crippen LogP contribution >= 0.6 is 35.3 Å². The van der Waals surface area contributed by atoms with E-state index in [1.165, 1.54) is 0 Å². The number of aryl methyl sites for hydroxylation is 1. The zero-order valence-electron chi connectivity index (χ0n) is 17.6. The topological polar surface area (TPSA) is 78.7 Å². The van der Waals surface area contributed by atoms with Crippen molar-refractivity contribution in [3.8, 4) is 10.6 Å². The summed E-state index contributed by atoms with van der Waals surface area (Å²) in [5.41, 5.74) is 3.03. The molecule has 2 aromatic heterocycles. The van der Waals surface area contributed by atoms with Gasteiger partial charge in [0.1, 0.15) is 11.6 Å². The summed E-state index contributed by atoms with van der Waals surface area (Å²) in [6.45, 7) is 2.33. The highest BCUT2D eigenvalue weighted by atomic mass is 127. The van der Waals surface area contributed by atoms with Crippen molar-refractivity contribution >= 4 is 52.9 Å². The predicted molar refractivity (Wildman–Crippen MR) is 135 cm³/mol. The van der Waals surface area contributed by atoms with Gasteiger partial charge in [0.15, 0.2) is 5.96 Å². The molecule has 1 saturated heterocycles. The van der Waals surface area contributed by atoms with Crippen molar-refractivity contribution in [2.75, 3.05) is 38.1 Å². The third kappa shape index (κ3) is 5.62. The molecular formula is C21H26IN7OS. The minimum absolute atomic E-state index is 0. The minimum Gasteiger partial charge on any atom is -0.356 e. The molecule has 1 amide bonds. The zero-order chi connectivity index (χ0) is 20.9. The van der Waals surface area contributed by atoms with E-state index in [-0.39, 0.29) is 29.9 Å². The molecule has 1 aromatic carbocycles. The highest BCUT2D eigenvalue weighted by Crippen LogP contribution is 2.23. The van der Waals surface area contributed by atoms with Crippen molar-refractivity contribution in [3.05, 3.63) is 53.8 Å². The van der Waals surface area contributed by atoms with Crippen molar-refractivity contribution in [1.82, 2.24) is 25.0 Å². The summed E-state index contributed by atoms with van der Waals surface area (Å²) in [5.74, 6) is 0.789. The van der Waals surface area contributed by atoms with Crippen LogP contribution in [0.15, 0.2) is 53.1 Å². The normalized spacial score (nSPS) is 14.5. The summed E-state index contributed by atoms with van der Waals surface area (Å²) in [6.07, 6.45) is 4.38. The standard InChI is InChI=1S/C21H25N7OS.HI/c1-22-21(27-10-11-28(19(29)14-27)18-12-24-26(2)13-18)23-9-8-17-15-30-20(25-17)16-6-4-3-5-7-16;/h3-7,12-13,15H,8-11,14H2,1-2H3,(H,22,23);1H. The fourth-order valence-electron chi connectivity index (χ4n) is 3.44. The number of guanidine groups is 1. The summed E-state index contributed by atoms with van der Waals surface area (Å²) >= 11 is 1.66. The van der Waals surface area contributed by atoms with E-state index >= 15 is 0 Å². The smallest absolute Gasteiger partial charge is 0.246 e. The van der Waals surface area contributed by atoms with E-state index in [4.69, 9.17) is 4.98 Å². The lowest BCUT2D eigenvalue weighted by Crippen LogP contribution is -2.55. The average Bonchev–Trinajstić information content (AvgIpc) is 3.41. The molecule has 0 radical (unpaired) electrons. The number of hydrogen-bond acceptors (Lipinski definition) is 5. The molecule has 0 unspecified atom stereocenters. The van der Waals surface area contributed by atoms with Crippen LogP contribution in [0.5, 0.6) is 0 Å². The van der Waals surface area contributed by atoms with Gasteiger partial charge < -0.3 is 15.1 Å². The molecule has 3 aromatic rings. The number of amides is 1. The Morgan fingerprint density at radius 1 is 1.26 bits per heavy atom. The van der Waals surface area contributed by atoms with Crippen LogP contribution in [0.3, 0.4) is 0 Å². The van der Waals surface area contributed by atoms with E-state index in [2.05, 4.69) is 32.9 Å². The number of carbonyl (C=O) groups excluding carboxylic acids is 1. The maximum atomic E-state index is 12.6. The molecule has 0 aliphatic carbocycles. The Morgan fingerprint density at radius 3 is 2.74 bits per heavy atom. The van der Waals surface area contributed by atoms with Gasteiger partial charge in [-0.05, 0) is 0 Å². The van der Waals surface area contributed by atoms with Gasteiger partial charge in [-0.15, -0.1) is 35.3 Å². The van der Waals surface area contributed by atoms with E-state index in [0.29, 0.717) is 19.6 Å². The summed E-state index contributed by atoms with van der Waals surface area (Å²) in [5, 5.41) is 10.7. The highest BCUT2D eigenvalue weighted by Gasteiger charge is 2.27. The number of anilines is 1. The van der Waals surface area contributed by atoms with Crippen molar-refractivity contribution in [1.29, 1.82) is 0 Å². The molecule has 0 bridgehead atoms. The summed E-state index contributed by atoms with van der Waals surface area (Å²) in [6, 6.07) is 10.2. The monoisotopic (exact) mass is 551 g/mol. The molecule has 0 saturated carbocycles. The average molecular weight is 551 g/mol. The third-order valence-electron chi connectivity index (χ3n) is 4.97. The molecule has 10 heteroatoms. The number of rotatable bonds is 5. The first-order valence-corrected chi connectivity index (χ1v) is 10.8. The molecule has 164 valence electrons. The van der Waals surface area contributed by atoms with Gasteiger partial charge in [-0.1, -0.05) is 30.3 Å². The van der Waals surface area contributed by atoms with Gasteiger partial charge in [-0.25, -0.2) is 4.98 Å². The Bertz CT molecular complexity index is 1030. The number of aromatic nitrogens is 3. The molecule has 1 aliphatic rings. The second-order valence-electron chi connectivity index (χ2n) is 7.07. The molecule has 1 fully saturated rings. The number of thiazole rings is 1. The van der Waals surface area contributed by atoms with Gasteiger partial charge in [0, 0.05) is 57.3 Å². The number of nitrogens with one attached hydrogen (secondary N) is 1. The van der Waals surface area contributed by atoms with Crippen LogP contribution < -0.4 is 10.2 Å². The fraction of sp³-hybridized carbons (Fsp3) is 0.333. The van der Waals surface area contributed by atoms with Gasteiger partial charge in [0.05, 0.1) is 17.6 Å². The van der Waals surface area contributed by atoms with Crippen molar-refractivity contribution in [2.45, 2.75) is 6.42 Å². The number of halogens is 1. The lowest BCUT2D eigenvalue weighted by Gasteiger charge is -2.35. The number of piperazine rings is 1. The Morgan fingerprint density at radius 2 is 2.06 bits per heavy atom. The molecule has 0 spiro atoms. The summed E-state index contributed by atoms with van der Waals surface area (Å²) in [7, 11) is 3.60. The second kappa shape index (κ2) is 10.7. The van der Waals surface area contributed by atoms with E-state index in [1.807, 2.05) is 36.3 Å². The SMILES string of the molecule is CN=C(NCCc1csc(-c2ccccc2)n1)N1CCN(c2cnn(C)c2)C(=O)C1.I. The van der Waals surface area contributed by atoms with Gasteiger partial charge in [0.2, 0.25) is 5.91 Å². The summed E-state index contributed by atoms with van der Waals surface area (Å²) < 4.78 is 1.71. The Hall–Kier alpha value is -2.47. The van der Waals surface area contributed by atoms with Crippen LogP contribution in [-0.2, 0) is 18.3 Å². The summed E-state index contributed by atoms with van der Waals surface area (Å²) in [4.78, 5) is 25.5. The van der Waals surface area contributed by atoms with Gasteiger partial charge in [0.25, 0.3) is 0 Å². The van der Waals surface area contributed by atoms with Crippen molar-refractivity contribution < 1.29 is 4.79 Å². The number of carbonyl (C=O) groups is 1. The predicted octanol–water partition coefficient (Wildman–Crippen LogP) is 2.63. The van der Waals surface area contributed by atoms with Crippen LogP contribution in [0, 0.1) is 0 Å². The molecular weight excluding hydrogens is 525 g/mol. The number of aliphatic imine (C=N–C) groups is 1. The lowest BCUT2D eigenvalue weighted by atomic mass is 10.2. The Balaban J connectivity index is 0.00000272. The largest absolute Gasteiger partial charge is 0.356 e. The first-order chi connectivity index (χ1) is 14.6. The van der Waals surface area contributed by atoms with Gasteiger partial charge in [-0.2, -0.15) is 5.10 Å². The maximum absolute atomic E-state index is 12.6. The lowest BCUT2D eigenvalue weighted by molar-refractivity contribution is -0.120. The molecule has 31 heavy (non-hydrogen) atoms. The van der Waals surface area contributed by atoms with E-state index in [9.17, 15) is 4.79 Å². The number of hydrogen-bond donors (Lipinski definition) is 1. The molecule has 3 heterocycles. The fourth-order valence-corrected chi connectivity index (χ4v) is 4.30. The van der Waals surface area contributed by atoms with E-state index in [0.717, 1.165) is 40.9 Å². The van der Waals surface area contributed by atoms with Crippen LogP contribution in [0.25, 0.3) is 10.6 Å². The second-order valence-corrected chi connectivity index (χ2v) is 7.93. The molecule has 1 aliphatic heterocycles. The van der Waals surface area contributed by atoms with Crippen molar-refractivity contribution in [2.24, 2.45) is 12.0 Å². The Labute approximate surface area is 203 Å².